The molecule has 5 heteroatoms. The van der Waals surface area contributed by atoms with Crippen LogP contribution in [0, 0.1) is 0 Å². The minimum Gasteiger partial charge on any atom is -0.484 e. The molecule has 1 amide bonds. The van der Waals surface area contributed by atoms with Crippen molar-refractivity contribution < 1.29 is 9.53 Å². The van der Waals surface area contributed by atoms with E-state index in [2.05, 4.69) is 17.2 Å². The molecule has 21 heavy (non-hydrogen) atoms. The first-order chi connectivity index (χ1) is 10.3. The highest BCUT2D eigenvalue weighted by atomic mass is 16.5. The number of rotatable bonds is 8. The van der Waals surface area contributed by atoms with Crippen molar-refractivity contribution in [1.82, 2.24) is 14.9 Å². The molecular formula is C16H21N3O2. The monoisotopic (exact) mass is 287 g/mol. The summed E-state index contributed by atoms with van der Waals surface area (Å²) in [5.74, 6) is 0.626. The molecule has 1 N–H and O–H groups in total. The lowest BCUT2D eigenvalue weighted by Crippen LogP contribution is -2.30. The van der Waals surface area contributed by atoms with Crippen LogP contribution in [0.25, 0.3) is 0 Å². The summed E-state index contributed by atoms with van der Waals surface area (Å²) < 4.78 is 7.43. The maximum absolute atomic E-state index is 11.6. The van der Waals surface area contributed by atoms with Gasteiger partial charge in [-0.05, 0) is 30.5 Å². The van der Waals surface area contributed by atoms with Crippen molar-refractivity contribution in [3.63, 3.8) is 0 Å². The second-order valence-electron chi connectivity index (χ2n) is 4.79. The van der Waals surface area contributed by atoms with Gasteiger partial charge in [0.05, 0.1) is 6.33 Å². The maximum atomic E-state index is 11.6. The second kappa shape index (κ2) is 8.09. The number of aryl methyl sites for hydroxylation is 2. The fourth-order valence-corrected chi connectivity index (χ4v) is 1.93. The van der Waals surface area contributed by atoms with Crippen molar-refractivity contribution in [2.24, 2.45) is 0 Å². The number of imidazole rings is 1. The summed E-state index contributed by atoms with van der Waals surface area (Å²) >= 11 is 0. The molecule has 0 bridgehead atoms. The van der Waals surface area contributed by atoms with E-state index >= 15 is 0 Å². The summed E-state index contributed by atoms with van der Waals surface area (Å²) in [6, 6.07) is 7.81. The Balaban J connectivity index is 1.60. The molecule has 0 saturated carbocycles. The number of hydrogen-bond donors (Lipinski definition) is 1. The highest BCUT2D eigenvalue weighted by Crippen LogP contribution is 2.12. The van der Waals surface area contributed by atoms with Crippen molar-refractivity contribution in [3.05, 3.63) is 48.5 Å². The quantitative estimate of drug-likeness (QED) is 0.756. The molecule has 2 rings (SSSR count). The van der Waals surface area contributed by atoms with Crippen LogP contribution >= 0.6 is 0 Å². The number of ether oxygens (including phenoxy) is 1. The van der Waals surface area contributed by atoms with Gasteiger partial charge in [0.15, 0.2) is 6.61 Å². The van der Waals surface area contributed by atoms with Gasteiger partial charge in [0.2, 0.25) is 0 Å². The van der Waals surface area contributed by atoms with Gasteiger partial charge in [-0.2, -0.15) is 0 Å². The number of hydrogen-bond acceptors (Lipinski definition) is 3. The third-order valence-corrected chi connectivity index (χ3v) is 3.18. The number of nitrogens with zero attached hydrogens (tertiary/aromatic N) is 2. The summed E-state index contributed by atoms with van der Waals surface area (Å²) in [6.45, 7) is 3.64. The van der Waals surface area contributed by atoms with E-state index in [4.69, 9.17) is 4.74 Å². The van der Waals surface area contributed by atoms with Gasteiger partial charge in [-0.25, -0.2) is 4.98 Å². The Morgan fingerprint density at radius 2 is 2.14 bits per heavy atom. The van der Waals surface area contributed by atoms with E-state index in [1.54, 1.807) is 12.5 Å². The van der Waals surface area contributed by atoms with Crippen molar-refractivity contribution >= 4 is 5.91 Å². The predicted molar refractivity (Wildman–Crippen MR) is 81.2 cm³/mol. The number of benzene rings is 1. The topological polar surface area (TPSA) is 56.1 Å². The molecule has 2 aromatic rings. The molecular weight excluding hydrogens is 266 g/mol. The summed E-state index contributed by atoms with van der Waals surface area (Å²) in [5, 5.41) is 2.84. The Kier molecular flexibility index (Phi) is 5.82. The molecule has 0 aliphatic heterocycles. The van der Waals surface area contributed by atoms with Crippen LogP contribution in [0.3, 0.4) is 0 Å². The van der Waals surface area contributed by atoms with E-state index in [-0.39, 0.29) is 12.5 Å². The van der Waals surface area contributed by atoms with E-state index in [0.29, 0.717) is 6.54 Å². The molecule has 1 heterocycles. The average Bonchev–Trinajstić information content (AvgIpc) is 3.03. The van der Waals surface area contributed by atoms with Crippen LogP contribution in [0.15, 0.2) is 43.0 Å². The highest BCUT2D eigenvalue weighted by Gasteiger charge is 2.02. The first kappa shape index (κ1) is 15.1. The summed E-state index contributed by atoms with van der Waals surface area (Å²) in [5.41, 5.74) is 1.26. The predicted octanol–water partition coefficient (Wildman–Crippen LogP) is 2.03. The van der Waals surface area contributed by atoms with Gasteiger partial charge in [0.25, 0.3) is 5.91 Å². The summed E-state index contributed by atoms with van der Waals surface area (Å²) in [4.78, 5) is 15.6. The number of carbonyl (C=O) groups is 1. The Morgan fingerprint density at radius 3 is 2.81 bits per heavy atom. The van der Waals surface area contributed by atoms with Gasteiger partial charge in [0, 0.05) is 25.5 Å². The molecule has 0 fully saturated rings. The lowest BCUT2D eigenvalue weighted by molar-refractivity contribution is -0.123. The summed E-state index contributed by atoms with van der Waals surface area (Å²) in [6.07, 6.45) is 7.29. The molecule has 0 unspecified atom stereocenters. The molecule has 0 atom stereocenters. The smallest absolute Gasteiger partial charge is 0.257 e. The molecule has 0 saturated heterocycles. The van der Waals surface area contributed by atoms with Crippen LogP contribution in [-0.4, -0.2) is 28.6 Å². The Bertz CT molecular complexity index is 535. The second-order valence-corrected chi connectivity index (χ2v) is 4.79. The molecule has 112 valence electrons. The zero-order chi connectivity index (χ0) is 14.9. The molecule has 0 spiro atoms. The normalized spacial score (nSPS) is 10.3. The first-order valence-corrected chi connectivity index (χ1v) is 7.22. The fraction of sp³-hybridized carbons (Fsp3) is 0.375. The molecule has 0 aliphatic carbocycles. The average molecular weight is 287 g/mol. The number of nitrogens with one attached hydrogen (secondary N) is 1. The van der Waals surface area contributed by atoms with Crippen LogP contribution < -0.4 is 10.1 Å². The number of carbonyl (C=O) groups excluding carboxylic acids is 1. The van der Waals surface area contributed by atoms with E-state index in [1.807, 2.05) is 35.0 Å². The van der Waals surface area contributed by atoms with Crippen molar-refractivity contribution in [1.29, 1.82) is 0 Å². The minimum absolute atomic E-state index is 0.0521. The molecule has 5 nitrogen and oxygen atoms in total. The van der Waals surface area contributed by atoms with Gasteiger partial charge in [0.1, 0.15) is 5.75 Å². The lowest BCUT2D eigenvalue weighted by atomic mass is 10.2. The zero-order valence-electron chi connectivity index (χ0n) is 12.3. The van der Waals surface area contributed by atoms with Crippen molar-refractivity contribution in [2.45, 2.75) is 26.3 Å². The number of amides is 1. The van der Waals surface area contributed by atoms with Crippen LogP contribution in [0.2, 0.25) is 0 Å². The van der Waals surface area contributed by atoms with Gasteiger partial charge >= 0.3 is 0 Å². The van der Waals surface area contributed by atoms with Gasteiger partial charge < -0.3 is 14.6 Å². The fourth-order valence-electron chi connectivity index (χ4n) is 1.93. The molecule has 1 aromatic carbocycles. The Labute approximate surface area is 125 Å². The minimum atomic E-state index is -0.0970. The van der Waals surface area contributed by atoms with Gasteiger partial charge in [-0.15, -0.1) is 0 Å². The van der Waals surface area contributed by atoms with Crippen LogP contribution in [0.1, 0.15) is 18.9 Å². The highest BCUT2D eigenvalue weighted by molar-refractivity contribution is 5.77. The third kappa shape index (κ3) is 5.30. The largest absolute Gasteiger partial charge is 0.484 e. The third-order valence-electron chi connectivity index (χ3n) is 3.18. The standard InChI is InChI=1S/C16H21N3O2/c1-2-14-4-6-15(7-5-14)21-12-16(20)18-8-3-10-19-11-9-17-13-19/h4-7,9,11,13H,2-3,8,10,12H2,1H3,(H,18,20). The molecule has 1 aromatic heterocycles. The lowest BCUT2D eigenvalue weighted by Gasteiger charge is -2.08. The van der Waals surface area contributed by atoms with Gasteiger partial charge in [-0.3, -0.25) is 4.79 Å². The van der Waals surface area contributed by atoms with Crippen LogP contribution in [0.5, 0.6) is 5.75 Å². The maximum Gasteiger partial charge on any atom is 0.257 e. The first-order valence-electron chi connectivity index (χ1n) is 7.22. The van der Waals surface area contributed by atoms with E-state index in [1.165, 1.54) is 5.56 Å². The Morgan fingerprint density at radius 1 is 1.33 bits per heavy atom. The van der Waals surface area contributed by atoms with E-state index in [0.717, 1.165) is 25.1 Å². The molecule has 0 aliphatic rings. The van der Waals surface area contributed by atoms with Crippen molar-refractivity contribution in [2.75, 3.05) is 13.2 Å². The van der Waals surface area contributed by atoms with Crippen LogP contribution in [-0.2, 0) is 17.8 Å². The molecule has 0 radical (unpaired) electrons. The van der Waals surface area contributed by atoms with E-state index < -0.39 is 0 Å². The summed E-state index contributed by atoms with van der Waals surface area (Å²) in [7, 11) is 0. The van der Waals surface area contributed by atoms with Gasteiger partial charge in [-0.1, -0.05) is 19.1 Å². The van der Waals surface area contributed by atoms with Crippen LogP contribution in [0.4, 0.5) is 0 Å². The zero-order valence-corrected chi connectivity index (χ0v) is 12.3. The SMILES string of the molecule is CCc1ccc(OCC(=O)NCCCn2ccnc2)cc1. The van der Waals surface area contributed by atoms with Crippen molar-refractivity contribution in [3.8, 4) is 5.75 Å². The van der Waals surface area contributed by atoms with E-state index in [9.17, 15) is 4.79 Å². The number of aromatic nitrogens is 2. The Hall–Kier alpha value is -2.30.